The summed E-state index contributed by atoms with van der Waals surface area (Å²) in [6.07, 6.45) is 0. The second-order valence-electron chi connectivity index (χ2n) is 4.42. The van der Waals surface area contributed by atoms with E-state index >= 15 is 0 Å². The third kappa shape index (κ3) is 3.64. The normalized spacial score (nSPS) is 10.5. The van der Waals surface area contributed by atoms with Crippen LogP contribution in [0.15, 0.2) is 34.2 Å². The number of thioether (sulfide) groups is 1. The van der Waals surface area contributed by atoms with Crippen molar-refractivity contribution in [3.8, 4) is 0 Å². The monoisotopic (exact) mass is 321 g/mol. The van der Waals surface area contributed by atoms with Crippen LogP contribution in [0.2, 0.25) is 0 Å². The molecule has 1 N–H and O–H groups in total. The molecule has 0 saturated carbocycles. The number of aromatic nitrogens is 2. The number of hydrogen-bond acceptors (Lipinski definition) is 6. The Bertz CT molecular complexity index is 772. The molecule has 0 radical (unpaired) electrons. The Labute approximate surface area is 130 Å². The van der Waals surface area contributed by atoms with Gasteiger partial charge >= 0.3 is 5.97 Å². The summed E-state index contributed by atoms with van der Waals surface area (Å²) in [5.41, 5.74) is 0.422. The van der Waals surface area contributed by atoms with E-state index in [2.05, 4.69) is 15.0 Å². The number of rotatable bonds is 5. The van der Waals surface area contributed by atoms with Gasteiger partial charge in [-0.2, -0.15) is 0 Å². The molecule has 0 bridgehead atoms. The maximum atomic E-state index is 12.2. The average molecular weight is 321 g/mol. The zero-order chi connectivity index (χ0) is 16.1. The zero-order valence-electron chi connectivity index (χ0n) is 12.2. The van der Waals surface area contributed by atoms with Gasteiger partial charge in [-0.3, -0.25) is 19.0 Å². The minimum Gasteiger partial charge on any atom is -0.468 e. The van der Waals surface area contributed by atoms with Crippen molar-refractivity contribution >= 4 is 34.5 Å². The number of carbonyl (C=O) groups excluding carboxylic acids is 2. The lowest BCUT2D eigenvalue weighted by molar-refractivity contribution is -0.140. The number of fused-ring (bicyclic) bond motifs is 1. The number of esters is 1. The van der Waals surface area contributed by atoms with E-state index in [0.29, 0.717) is 16.1 Å². The number of para-hydroxylation sites is 1. The summed E-state index contributed by atoms with van der Waals surface area (Å²) in [5.74, 6) is -0.803. The van der Waals surface area contributed by atoms with Gasteiger partial charge in [-0.1, -0.05) is 23.9 Å². The number of benzene rings is 1. The first-order valence-electron chi connectivity index (χ1n) is 6.45. The molecule has 0 fully saturated rings. The van der Waals surface area contributed by atoms with Crippen LogP contribution in [-0.2, 0) is 21.4 Å². The third-order valence-corrected chi connectivity index (χ3v) is 3.96. The molecule has 0 aliphatic rings. The molecule has 0 aliphatic carbocycles. The molecule has 0 atom stereocenters. The molecule has 1 amide bonds. The molecule has 0 spiro atoms. The van der Waals surface area contributed by atoms with Gasteiger partial charge in [-0.15, -0.1) is 0 Å². The van der Waals surface area contributed by atoms with E-state index in [1.807, 2.05) is 0 Å². The molecule has 0 unspecified atom stereocenters. The van der Waals surface area contributed by atoms with Crippen LogP contribution >= 0.6 is 11.8 Å². The van der Waals surface area contributed by atoms with Gasteiger partial charge in [0.05, 0.1) is 23.8 Å². The van der Waals surface area contributed by atoms with E-state index in [1.54, 1.807) is 31.3 Å². The number of carbonyl (C=O) groups is 2. The van der Waals surface area contributed by atoms with E-state index < -0.39 is 5.97 Å². The van der Waals surface area contributed by atoms with Gasteiger partial charge in [0.15, 0.2) is 5.16 Å². The summed E-state index contributed by atoms with van der Waals surface area (Å²) >= 11 is 1.13. The van der Waals surface area contributed by atoms with Gasteiger partial charge in [-0.25, -0.2) is 4.98 Å². The molecule has 1 aromatic carbocycles. The van der Waals surface area contributed by atoms with Crippen molar-refractivity contribution in [2.24, 2.45) is 7.05 Å². The molecule has 1 heterocycles. The Morgan fingerprint density at radius 1 is 1.36 bits per heavy atom. The second kappa shape index (κ2) is 7.08. The highest BCUT2D eigenvalue weighted by molar-refractivity contribution is 7.99. The van der Waals surface area contributed by atoms with Crippen molar-refractivity contribution in [2.75, 3.05) is 19.4 Å². The van der Waals surface area contributed by atoms with E-state index in [-0.39, 0.29) is 23.8 Å². The Morgan fingerprint density at radius 2 is 2.09 bits per heavy atom. The lowest BCUT2D eigenvalue weighted by atomic mass is 10.2. The minimum absolute atomic E-state index is 0.0512. The largest absolute Gasteiger partial charge is 0.468 e. The lowest BCUT2D eigenvalue weighted by Crippen LogP contribution is -2.31. The summed E-state index contributed by atoms with van der Waals surface area (Å²) in [5, 5.41) is 3.40. The van der Waals surface area contributed by atoms with Gasteiger partial charge in [-0.05, 0) is 12.1 Å². The van der Waals surface area contributed by atoms with Crippen LogP contribution in [-0.4, -0.2) is 40.8 Å². The van der Waals surface area contributed by atoms with Gasteiger partial charge in [0, 0.05) is 7.05 Å². The number of nitrogens with zero attached hydrogens (tertiary/aromatic N) is 2. The standard InChI is InChI=1S/C14H15N3O4S/c1-17-13(20)9-5-3-4-6-10(9)16-14(17)22-8-11(18)15-7-12(19)21-2/h3-6H,7-8H2,1-2H3,(H,15,18). The molecule has 0 aliphatic heterocycles. The predicted molar refractivity (Wildman–Crippen MR) is 82.7 cm³/mol. The van der Waals surface area contributed by atoms with Crippen LogP contribution in [0.5, 0.6) is 0 Å². The van der Waals surface area contributed by atoms with E-state index in [9.17, 15) is 14.4 Å². The molecule has 8 heteroatoms. The van der Waals surface area contributed by atoms with E-state index in [1.165, 1.54) is 11.7 Å². The van der Waals surface area contributed by atoms with Gasteiger partial charge in [0.1, 0.15) is 6.54 Å². The number of hydrogen-bond donors (Lipinski definition) is 1. The topological polar surface area (TPSA) is 90.3 Å². The summed E-state index contributed by atoms with van der Waals surface area (Å²) in [6.45, 7) is -0.181. The lowest BCUT2D eigenvalue weighted by Gasteiger charge is -2.08. The molecule has 2 aromatic rings. The summed E-state index contributed by atoms with van der Waals surface area (Å²) in [6, 6.07) is 7.03. The average Bonchev–Trinajstić information content (AvgIpc) is 2.54. The van der Waals surface area contributed by atoms with Crippen LogP contribution in [0, 0.1) is 0 Å². The minimum atomic E-state index is -0.519. The maximum Gasteiger partial charge on any atom is 0.325 e. The molecule has 116 valence electrons. The number of nitrogens with one attached hydrogen (secondary N) is 1. The highest BCUT2D eigenvalue weighted by Crippen LogP contribution is 2.16. The number of amides is 1. The highest BCUT2D eigenvalue weighted by Gasteiger charge is 2.11. The smallest absolute Gasteiger partial charge is 0.325 e. The Morgan fingerprint density at radius 3 is 2.82 bits per heavy atom. The molecule has 1 aromatic heterocycles. The SMILES string of the molecule is COC(=O)CNC(=O)CSc1nc2ccccc2c(=O)n1C. The van der Waals surface area contributed by atoms with Crippen LogP contribution in [0.25, 0.3) is 10.9 Å². The Balaban J connectivity index is 2.09. The first-order valence-corrected chi connectivity index (χ1v) is 7.43. The maximum absolute atomic E-state index is 12.2. The highest BCUT2D eigenvalue weighted by atomic mass is 32.2. The van der Waals surface area contributed by atoms with Crippen LogP contribution in [0.1, 0.15) is 0 Å². The zero-order valence-corrected chi connectivity index (χ0v) is 13.0. The van der Waals surface area contributed by atoms with Gasteiger partial charge < -0.3 is 10.1 Å². The molecule has 22 heavy (non-hydrogen) atoms. The van der Waals surface area contributed by atoms with Gasteiger partial charge in [0.2, 0.25) is 5.91 Å². The molecular weight excluding hydrogens is 306 g/mol. The van der Waals surface area contributed by atoms with Crippen LogP contribution in [0.4, 0.5) is 0 Å². The van der Waals surface area contributed by atoms with Crippen molar-refractivity contribution in [1.82, 2.24) is 14.9 Å². The third-order valence-electron chi connectivity index (χ3n) is 2.93. The van der Waals surface area contributed by atoms with Crippen molar-refractivity contribution in [3.63, 3.8) is 0 Å². The van der Waals surface area contributed by atoms with Crippen molar-refractivity contribution < 1.29 is 14.3 Å². The molecule has 0 saturated heterocycles. The fraction of sp³-hybridized carbons (Fsp3) is 0.286. The molecular formula is C14H15N3O4S. The van der Waals surface area contributed by atoms with Gasteiger partial charge in [0.25, 0.3) is 5.56 Å². The van der Waals surface area contributed by atoms with E-state index in [0.717, 1.165) is 11.8 Å². The summed E-state index contributed by atoms with van der Waals surface area (Å²) in [4.78, 5) is 39.1. The summed E-state index contributed by atoms with van der Waals surface area (Å²) in [7, 11) is 2.86. The number of ether oxygens (including phenoxy) is 1. The first-order chi connectivity index (χ1) is 10.5. The fourth-order valence-electron chi connectivity index (χ4n) is 1.75. The van der Waals surface area contributed by atoms with Crippen molar-refractivity contribution in [1.29, 1.82) is 0 Å². The molecule has 7 nitrogen and oxygen atoms in total. The van der Waals surface area contributed by atoms with Crippen LogP contribution in [0.3, 0.4) is 0 Å². The van der Waals surface area contributed by atoms with Crippen molar-refractivity contribution in [2.45, 2.75) is 5.16 Å². The second-order valence-corrected chi connectivity index (χ2v) is 5.36. The van der Waals surface area contributed by atoms with Crippen molar-refractivity contribution in [3.05, 3.63) is 34.6 Å². The van der Waals surface area contributed by atoms with Crippen LogP contribution < -0.4 is 10.9 Å². The fourth-order valence-corrected chi connectivity index (χ4v) is 2.55. The predicted octanol–water partition coefficient (Wildman–Crippen LogP) is 0.315. The molecule has 2 rings (SSSR count). The Kier molecular flexibility index (Phi) is 5.16. The van der Waals surface area contributed by atoms with E-state index in [4.69, 9.17) is 0 Å². The Hall–Kier alpha value is -2.35. The quantitative estimate of drug-likeness (QED) is 0.484. The summed E-state index contributed by atoms with van der Waals surface area (Å²) < 4.78 is 5.83. The number of methoxy groups -OCH3 is 1. The first kappa shape index (κ1) is 16.0.